The number of carboxylic acids is 1. The highest BCUT2D eigenvalue weighted by atomic mass is 16.5. The van der Waals surface area contributed by atoms with E-state index in [1.165, 1.54) is 0 Å². The molecule has 1 aromatic rings. The smallest absolute Gasteiger partial charge is 0.309 e. The Morgan fingerprint density at radius 1 is 1.40 bits per heavy atom. The number of rotatable bonds is 4. The molecule has 1 aromatic carbocycles. The molecule has 0 saturated carbocycles. The van der Waals surface area contributed by atoms with E-state index in [1.807, 2.05) is 52.8 Å². The summed E-state index contributed by atoms with van der Waals surface area (Å²) < 4.78 is 18.4. The van der Waals surface area contributed by atoms with Crippen molar-refractivity contribution in [1.29, 1.82) is 0 Å². The van der Waals surface area contributed by atoms with Gasteiger partial charge in [-0.1, -0.05) is 26.0 Å². The topological polar surface area (TPSA) is 65.0 Å². The number of fused-ring (bicyclic) bond motifs is 3. The standard InChI is InChI=1S/C20H28O5/c1-6-23-15-9-7-8-12-17-14(20(4,5)25-18(12)15)10-13(19(21)22)16(24-17)11(2)3/h7-9,11,13-14,16-17H,6,10H2,1-5H3,(H,21,22)/t13-,14+,16+,17-/m0/s1. The molecule has 1 fully saturated rings. The molecule has 0 bridgehead atoms. The first kappa shape index (κ1) is 18.1. The summed E-state index contributed by atoms with van der Waals surface area (Å²) in [6.07, 6.45) is 0.0622. The maximum atomic E-state index is 11.8. The van der Waals surface area contributed by atoms with Gasteiger partial charge in [-0.15, -0.1) is 0 Å². The number of carboxylic acid groups (broad SMARTS) is 1. The van der Waals surface area contributed by atoms with Crippen molar-refractivity contribution in [2.45, 2.75) is 58.8 Å². The molecule has 1 N–H and O–H groups in total. The third-order valence-corrected chi connectivity index (χ3v) is 5.42. The van der Waals surface area contributed by atoms with Gasteiger partial charge in [0.1, 0.15) is 5.60 Å². The first-order chi connectivity index (χ1) is 11.8. The second kappa shape index (κ2) is 6.52. The molecular formula is C20H28O5. The summed E-state index contributed by atoms with van der Waals surface area (Å²) in [5.41, 5.74) is 0.435. The summed E-state index contributed by atoms with van der Waals surface area (Å²) in [4.78, 5) is 11.8. The van der Waals surface area contributed by atoms with Crippen LogP contribution >= 0.6 is 0 Å². The molecule has 2 aliphatic heterocycles. The van der Waals surface area contributed by atoms with Crippen LogP contribution in [0, 0.1) is 17.8 Å². The van der Waals surface area contributed by atoms with Gasteiger partial charge < -0.3 is 19.3 Å². The molecule has 2 aliphatic rings. The first-order valence-electron chi connectivity index (χ1n) is 9.09. The summed E-state index contributed by atoms with van der Waals surface area (Å²) >= 11 is 0. The predicted octanol–water partition coefficient (Wildman–Crippen LogP) is 4.06. The van der Waals surface area contributed by atoms with Crippen LogP contribution in [0.2, 0.25) is 0 Å². The van der Waals surface area contributed by atoms with Gasteiger partial charge in [-0.25, -0.2) is 0 Å². The molecule has 2 heterocycles. The minimum atomic E-state index is -0.790. The second-order valence-electron chi connectivity index (χ2n) is 7.87. The number of ether oxygens (including phenoxy) is 3. The average Bonchev–Trinajstić information content (AvgIpc) is 2.54. The average molecular weight is 348 g/mol. The van der Waals surface area contributed by atoms with Gasteiger partial charge in [0, 0.05) is 11.5 Å². The van der Waals surface area contributed by atoms with Crippen molar-refractivity contribution in [3.8, 4) is 11.5 Å². The lowest BCUT2D eigenvalue weighted by Gasteiger charge is -2.51. The lowest BCUT2D eigenvalue weighted by atomic mass is 9.70. The van der Waals surface area contributed by atoms with Crippen molar-refractivity contribution in [3.63, 3.8) is 0 Å². The number of carbonyl (C=O) groups is 1. The number of aliphatic carboxylic acids is 1. The molecule has 0 aromatic heterocycles. The van der Waals surface area contributed by atoms with E-state index in [1.54, 1.807) is 0 Å². The molecule has 5 nitrogen and oxygen atoms in total. The molecule has 1 saturated heterocycles. The van der Waals surface area contributed by atoms with E-state index >= 15 is 0 Å². The van der Waals surface area contributed by atoms with Crippen LogP contribution in [0.3, 0.4) is 0 Å². The van der Waals surface area contributed by atoms with Crippen LogP contribution < -0.4 is 9.47 Å². The van der Waals surface area contributed by atoms with Crippen molar-refractivity contribution in [1.82, 2.24) is 0 Å². The SMILES string of the molecule is CCOc1cccc2c1OC(C)(C)[C@@H]1C[C@H](C(=O)O)[C@@H](C(C)C)O[C@@H]21. The van der Waals surface area contributed by atoms with Crippen LogP contribution in [0.15, 0.2) is 18.2 Å². The zero-order chi connectivity index (χ0) is 18.4. The quantitative estimate of drug-likeness (QED) is 0.889. The first-order valence-corrected chi connectivity index (χ1v) is 9.09. The van der Waals surface area contributed by atoms with Gasteiger partial charge >= 0.3 is 5.97 Å². The largest absolute Gasteiger partial charge is 0.490 e. The van der Waals surface area contributed by atoms with Crippen molar-refractivity contribution in [2.24, 2.45) is 17.8 Å². The Hall–Kier alpha value is -1.75. The molecule has 0 unspecified atom stereocenters. The van der Waals surface area contributed by atoms with E-state index < -0.39 is 17.5 Å². The Labute approximate surface area is 149 Å². The fourth-order valence-corrected chi connectivity index (χ4v) is 4.17. The molecule has 0 spiro atoms. The van der Waals surface area contributed by atoms with E-state index in [9.17, 15) is 9.90 Å². The summed E-state index contributed by atoms with van der Waals surface area (Å²) in [6.45, 7) is 10.6. The fourth-order valence-electron chi connectivity index (χ4n) is 4.17. The highest BCUT2D eigenvalue weighted by Crippen LogP contribution is 2.54. The van der Waals surface area contributed by atoms with E-state index in [4.69, 9.17) is 14.2 Å². The minimum absolute atomic E-state index is 0.0204. The fraction of sp³-hybridized carbons (Fsp3) is 0.650. The number of hydrogen-bond acceptors (Lipinski definition) is 4. The van der Waals surface area contributed by atoms with Crippen LogP contribution in [0.1, 0.15) is 52.7 Å². The molecule has 138 valence electrons. The van der Waals surface area contributed by atoms with Gasteiger partial charge in [0.15, 0.2) is 11.5 Å². The van der Waals surface area contributed by atoms with E-state index in [0.29, 0.717) is 13.0 Å². The monoisotopic (exact) mass is 348 g/mol. The van der Waals surface area contributed by atoms with Crippen LogP contribution in [-0.2, 0) is 9.53 Å². The minimum Gasteiger partial charge on any atom is -0.490 e. The van der Waals surface area contributed by atoms with Crippen molar-refractivity contribution in [2.75, 3.05) is 6.61 Å². The van der Waals surface area contributed by atoms with Crippen molar-refractivity contribution in [3.05, 3.63) is 23.8 Å². The summed E-state index contributed by atoms with van der Waals surface area (Å²) in [5.74, 6) is 0.255. The highest BCUT2D eigenvalue weighted by Gasteiger charge is 2.53. The van der Waals surface area contributed by atoms with Gasteiger partial charge in [-0.3, -0.25) is 4.79 Å². The molecule has 0 aliphatic carbocycles. The third kappa shape index (κ3) is 3.10. The Morgan fingerprint density at radius 3 is 2.72 bits per heavy atom. The van der Waals surface area contributed by atoms with Gasteiger partial charge in [0.25, 0.3) is 0 Å². The van der Waals surface area contributed by atoms with Crippen LogP contribution in [0.4, 0.5) is 0 Å². The number of benzene rings is 1. The Morgan fingerprint density at radius 2 is 2.12 bits per heavy atom. The lowest BCUT2D eigenvalue weighted by Crippen LogP contribution is -2.53. The summed E-state index contributed by atoms with van der Waals surface area (Å²) in [5, 5.41) is 9.69. The molecule has 3 rings (SSSR count). The zero-order valence-electron chi connectivity index (χ0n) is 15.6. The van der Waals surface area contributed by atoms with Crippen LogP contribution in [0.5, 0.6) is 11.5 Å². The summed E-state index contributed by atoms with van der Waals surface area (Å²) in [6, 6.07) is 5.85. The molecule has 0 radical (unpaired) electrons. The van der Waals surface area contributed by atoms with Crippen LogP contribution in [0.25, 0.3) is 0 Å². The normalized spacial score (nSPS) is 30.2. The summed E-state index contributed by atoms with van der Waals surface area (Å²) in [7, 11) is 0. The molecule has 4 atom stereocenters. The van der Waals surface area contributed by atoms with Gasteiger partial charge in [0.2, 0.25) is 0 Å². The highest BCUT2D eigenvalue weighted by molar-refractivity contribution is 5.71. The van der Waals surface area contributed by atoms with Gasteiger partial charge in [0.05, 0.1) is 24.7 Å². The van der Waals surface area contributed by atoms with Crippen molar-refractivity contribution < 1.29 is 24.1 Å². The second-order valence-corrected chi connectivity index (χ2v) is 7.87. The van der Waals surface area contributed by atoms with Gasteiger partial charge in [-0.05, 0) is 39.2 Å². The van der Waals surface area contributed by atoms with E-state index in [2.05, 4.69) is 0 Å². The maximum absolute atomic E-state index is 11.8. The Bertz CT molecular complexity index is 651. The zero-order valence-corrected chi connectivity index (χ0v) is 15.6. The lowest BCUT2D eigenvalue weighted by molar-refractivity contribution is -0.196. The molecule has 25 heavy (non-hydrogen) atoms. The van der Waals surface area contributed by atoms with E-state index in [0.717, 1.165) is 17.1 Å². The molecule has 5 heteroatoms. The van der Waals surface area contributed by atoms with E-state index in [-0.39, 0.29) is 24.0 Å². The maximum Gasteiger partial charge on any atom is 0.309 e. The number of hydrogen-bond donors (Lipinski definition) is 1. The molecule has 0 amide bonds. The van der Waals surface area contributed by atoms with Crippen LogP contribution in [-0.4, -0.2) is 29.4 Å². The van der Waals surface area contributed by atoms with Gasteiger partial charge in [-0.2, -0.15) is 0 Å². The Balaban J connectivity index is 2.05. The third-order valence-electron chi connectivity index (χ3n) is 5.42. The number of para-hydroxylation sites is 1. The molecular weight excluding hydrogens is 320 g/mol. The Kier molecular flexibility index (Phi) is 4.71. The predicted molar refractivity (Wildman–Crippen MR) is 94.0 cm³/mol. The van der Waals surface area contributed by atoms with Crippen molar-refractivity contribution >= 4 is 5.97 Å².